The Bertz CT molecular complexity index is 1190. The number of halogens is 3. The van der Waals surface area contributed by atoms with Crippen LogP contribution >= 0.6 is 34.8 Å². The highest BCUT2D eigenvalue weighted by Gasteiger charge is 2.21. The Morgan fingerprint density at radius 3 is 2.05 bits per heavy atom. The number of aromatic nitrogens is 2. The molecule has 3 rings (SSSR count). The van der Waals surface area contributed by atoms with Crippen LogP contribution in [-0.4, -0.2) is 45.7 Å². The van der Waals surface area contributed by atoms with Crippen LogP contribution in [0.3, 0.4) is 0 Å². The molecule has 0 fully saturated rings. The number of hydrogen-bond acceptors (Lipinski definition) is 5. The fourth-order valence-electron chi connectivity index (χ4n) is 3.51. The molecule has 0 aliphatic heterocycles. The topological polar surface area (TPSA) is 54.7 Å². The van der Waals surface area contributed by atoms with Crippen LogP contribution in [-0.2, 0) is 34.2 Å². The largest absolute Gasteiger partial charge is 0.487 e. The van der Waals surface area contributed by atoms with Gasteiger partial charge in [0.25, 0.3) is 0 Å². The quantitative estimate of drug-likeness (QED) is 0.0970. The van der Waals surface area contributed by atoms with Gasteiger partial charge in [0, 0.05) is 40.5 Å². The van der Waals surface area contributed by atoms with Gasteiger partial charge in [-0.3, -0.25) is 0 Å². The van der Waals surface area contributed by atoms with Gasteiger partial charge in [-0.2, -0.15) is 0 Å². The minimum Gasteiger partial charge on any atom is -0.487 e. The maximum absolute atomic E-state index is 6.78. The molecule has 1 heterocycles. The molecular formula is C27H39Cl3N2O4Si2. The van der Waals surface area contributed by atoms with Gasteiger partial charge in [-0.1, -0.05) is 86.2 Å². The lowest BCUT2D eigenvalue weighted by Crippen LogP contribution is -2.22. The molecule has 6 nitrogen and oxygen atoms in total. The third-order valence-corrected chi connectivity index (χ3v) is 10.4. The molecule has 3 aromatic rings. The van der Waals surface area contributed by atoms with Crippen molar-refractivity contribution in [2.45, 2.75) is 71.3 Å². The molecule has 0 amide bonds. The van der Waals surface area contributed by atoms with Crippen LogP contribution in [0.5, 0.6) is 5.75 Å². The summed E-state index contributed by atoms with van der Waals surface area (Å²) in [5.41, 5.74) is 2.32. The second-order valence-corrected chi connectivity index (χ2v) is 24.2. The third kappa shape index (κ3) is 9.82. The monoisotopic (exact) mass is 616 g/mol. The van der Waals surface area contributed by atoms with Crippen molar-refractivity contribution >= 4 is 62.0 Å². The van der Waals surface area contributed by atoms with E-state index in [2.05, 4.69) is 39.3 Å². The summed E-state index contributed by atoms with van der Waals surface area (Å²) < 4.78 is 25.5. The second kappa shape index (κ2) is 14.0. The highest BCUT2D eigenvalue weighted by atomic mass is 35.5. The van der Waals surface area contributed by atoms with Gasteiger partial charge in [0.1, 0.15) is 43.3 Å². The van der Waals surface area contributed by atoms with Crippen molar-refractivity contribution < 1.29 is 18.9 Å². The number of fused-ring (bicyclic) bond motifs is 1. The number of nitrogens with zero attached hydrogens (tertiary/aromatic N) is 2. The fourth-order valence-corrected chi connectivity index (χ4v) is 5.64. The first kappa shape index (κ1) is 31.4. The summed E-state index contributed by atoms with van der Waals surface area (Å²) in [6.45, 7) is 16.4. The highest BCUT2D eigenvalue weighted by Crippen LogP contribution is 2.39. The van der Waals surface area contributed by atoms with Crippen LogP contribution in [0.25, 0.3) is 11.0 Å². The van der Waals surface area contributed by atoms with Gasteiger partial charge in [-0.15, -0.1) is 0 Å². The minimum absolute atomic E-state index is 0.202. The molecule has 0 bridgehead atoms. The van der Waals surface area contributed by atoms with Gasteiger partial charge in [-0.05, 0) is 29.8 Å². The molecule has 210 valence electrons. The van der Waals surface area contributed by atoms with Crippen molar-refractivity contribution in [2.75, 3.05) is 20.0 Å². The lowest BCUT2D eigenvalue weighted by molar-refractivity contribution is -0.0609. The normalized spacial score (nSPS) is 12.4. The highest BCUT2D eigenvalue weighted by molar-refractivity contribution is 6.76. The number of imidazole rings is 1. The van der Waals surface area contributed by atoms with Gasteiger partial charge >= 0.3 is 0 Å². The van der Waals surface area contributed by atoms with Crippen LogP contribution in [0, 0.1) is 0 Å². The zero-order valence-electron chi connectivity index (χ0n) is 23.2. The first-order chi connectivity index (χ1) is 17.8. The van der Waals surface area contributed by atoms with E-state index < -0.39 is 16.1 Å². The van der Waals surface area contributed by atoms with E-state index in [9.17, 15) is 0 Å². The average molecular weight is 618 g/mol. The third-order valence-electron chi connectivity index (χ3n) is 5.88. The van der Waals surface area contributed by atoms with Gasteiger partial charge in [-0.25, -0.2) is 4.98 Å². The standard InChI is InChI=1S/C27H39Cl3N2O4Si2/c1-37(2,3)13-11-33-18-32-24(17-35-19-34-12-14-38(4,5)6)31-22-15-23(25(29)26(30)27(22)32)36-16-20-7-9-21(28)10-8-20/h7-10,15H,11-14,16-19H2,1-6H3. The van der Waals surface area contributed by atoms with Gasteiger partial charge in [0.05, 0.1) is 16.1 Å². The van der Waals surface area contributed by atoms with Crippen LogP contribution < -0.4 is 4.74 Å². The summed E-state index contributed by atoms with van der Waals surface area (Å²) in [5, 5.41) is 1.37. The Morgan fingerprint density at radius 2 is 1.42 bits per heavy atom. The lowest BCUT2D eigenvalue weighted by Gasteiger charge is -2.17. The molecule has 0 unspecified atom stereocenters. The summed E-state index contributed by atoms with van der Waals surface area (Å²) in [6, 6.07) is 11.4. The summed E-state index contributed by atoms with van der Waals surface area (Å²) in [5.74, 6) is 1.15. The molecule has 0 atom stereocenters. The fraction of sp³-hybridized carbons (Fsp3) is 0.519. The number of rotatable bonds is 15. The molecular weight excluding hydrogens is 579 g/mol. The zero-order chi connectivity index (χ0) is 27.9. The molecule has 0 saturated heterocycles. The maximum atomic E-state index is 6.78. The second-order valence-electron chi connectivity index (χ2n) is 11.8. The van der Waals surface area contributed by atoms with E-state index in [-0.39, 0.29) is 13.4 Å². The van der Waals surface area contributed by atoms with E-state index in [0.29, 0.717) is 64.2 Å². The summed E-state index contributed by atoms with van der Waals surface area (Å²) >= 11 is 19.4. The van der Waals surface area contributed by atoms with Gasteiger partial charge in [0.2, 0.25) is 0 Å². The zero-order valence-corrected chi connectivity index (χ0v) is 27.5. The molecule has 38 heavy (non-hydrogen) atoms. The molecule has 0 aliphatic rings. The van der Waals surface area contributed by atoms with E-state index in [1.807, 2.05) is 34.9 Å². The van der Waals surface area contributed by atoms with Crippen molar-refractivity contribution in [3.8, 4) is 5.75 Å². The van der Waals surface area contributed by atoms with Gasteiger partial charge < -0.3 is 23.5 Å². The van der Waals surface area contributed by atoms with Crippen molar-refractivity contribution in [2.24, 2.45) is 0 Å². The molecule has 1 aromatic heterocycles. The van der Waals surface area contributed by atoms with Crippen LogP contribution in [0.2, 0.25) is 66.4 Å². The Hall–Kier alpha value is -1.11. The number of benzene rings is 2. The van der Waals surface area contributed by atoms with E-state index in [1.54, 1.807) is 0 Å². The van der Waals surface area contributed by atoms with Crippen molar-refractivity contribution in [3.05, 3.63) is 56.8 Å². The molecule has 0 saturated carbocycles. The van der Waals surface area contributed by atoms with Crippen LogP contribution in [0.15, 0.2) is 30.3 Å². The minimum atomic E-state index is -1.22. The Balaban J connectivity index is 1.78. The molecule has 0 N–H and O–H groups in total. The van der Waals surface area contributed by atoms with Crippen molar-refractivity contribution in [1.82, 2.24) is 9.55 Å². The van der Waals surface area contributed by atoms with E-state index in [0.717, 1.165) is 17.7 Å². The maximum Gasteiger partial charge on any atom is 0.147 e. The number of hydrogen-bond donors (Lipinski definition) is 0. The van der Waals surface area contributed by atoms with E-state index in [1.165, 1.54) is 0 Å². The average Bonchev–Trinajstić information content (AvgIpc) is 3.17. The molecule has 2 aromatic carbocycles. The smallest absolute Gasteiger partial charge is 0.147 e. The van der Waals surface area contributed by atoms with E-state index in [4.69, 9.17) is 58.7 Å². The van der Waals surface area contributed by atoms with E-state index >= 15 is 0 Å². The Morgan fingerprint density at radius 1 is 0.789 bits per heavy atom. The molecule has 0 spiro atoms. The molecule has 11 heteroatoms. The Kier molecular flexibility index (Phi) is 11.6. The SMILES string of the molecule is C[Si](C)(C)CCOCOCc1nc2cc(OCc3ccc(Cl)cc3)c(Cl)c(Cl)c2n1COCC[Si](C)(C)C. The first-order valence-electron chi connectivity index (χ1n) is 12.8. The molecule has 0 aliphatic carbocycles. The van der Waals surface area contributed by atoms with Crippen LogP contribution in [0.1, 0.15) is 11.4 Å². The van der Waals surface area contributed by atoms with Crippen molar-refractivity contribution in [3.63, 3.8) is 0 Å². The van der Waals surface area contributed by atoms with Crippen molar-refractivity contribution in [1.29, 1.82) is 0 Å². The summed E-state index contributed by atoms with van der Waals surface area (Å²) in [7, 11) is -2.37. The lowest BCUT2D eigenvalue weighted by atomic mass is 10.2. The first-order valence-corrected chi connectivity index (χ1v) is 21.4. The Labute approximate surface area is 243 Å². The summed E-state index contributed by atoms with van der Waals surface area (Å²) in [4.78, 5) is 4.80. The summed E-state index contributed by atoms with van der Waals surface area (Å²) in [6.07, 6.45) is 0. The molecule has 0 radical (unpaired) electrons. The number of ether oxygens (including phenoxy) is 4. The predicted octanol–water partition coefficient (Wildman–Crippen LogP) is 8.72. The predicted molar refractivity (Wildman–Crippen MR) is 163 cm³/mol. The van der Waals surface area contributed by atoms with Gasteiger partial charge in [0.15, 0.2) is 0 Å². The van der Waals surface area contributed by atoms with Crippen LogP contribution in [0.4, 0.5) is 0 Å².